The predicted molar refractivity (Wildman–Crippen MR) is 75.1 cm³/mol. The molecule has 0 spiro atoms. The van der Waals surface area contributed by atoms with Crippen LogP contribution in [-0.2, 0) is 11.3 Å². The summed E-state index contributed by atoms with van der Waals surface area (Å²) in [7, 11) is 5.53. The van der Waals surface area contributed by atoms with E-state index in [0.717, 1.165) is 31.7 Å². The Labute approximate surface area is 115 Å². The van der Waals surface area contributed by atoms with Gasteiger partial charge in [0.2, 0.25) is 0 Å². The van der Waals surface area contributed by atoms with Gasteiger partial charge in [-0.2, -0.15) is 0 Å². The minimum atomic E-state index is -0.351. The summed E-state index contributed by atoms with van der Waals surface area (Å²) in [6.45, 7) is 2.82. The lowest BCUT2D eigenvalue weighted by atomic mass is 10.2. The quantitative estimate of drug-likeness (QED) is 0.567. The third-order valence-corrected chi connectivity index (χ3v) is 2.76. The van der Waals surface area contributed by atoms with Gasteiger partial charge in [-0.15, -0.1) is 0 Å². The first-order valence-corrected chi connectivity index (χ1v) is 6.52. The Morgan fingerprint density at radius 2 is 2.16 bits per heavy atom. The van der Waals surface area contributed by atoms with Crippen LogP contribution >= 0.6 is 0 Å². The molecule has 0 aliphatic heterocycles. The van der Waals surface area contributed by atoms with E-state index in [9.17, 15) is 4.79 Å². The number of aromatic nitrogens is 1. The van der Waals surface area contributed by atoms with Gasteiger partial charge in [0.1, 0.15) is 0 Å². The van der Waals surface area contributed by atoms with Crippen LogP contribution in [0.15, 0.2) is 18.3 Å². The molecule has 19 heavy (non-hydrogen) atoms. The van der Waals surface area contributed by atoms with Gasteiger partial charge in [-0.3, -0.25) is 4.98 Å². The van der Waals surface area contributed by atoms with Crippen molar-refractivity contribution < 1.29 is 9.53 Å². The topological polar surface area (TPSA) is 54.5 Å². The van der Waals surface area contributed by atoms with Crippen LogP contribution < -0.4 is 5.32 Å². The number of carbonyl (C=O) groups is 1. The lowest BCUT2D eigenvalue weighted by Gasteiger charge is -2.09. The zero-order chi connectivity index (χ0) is 14.1. The van der Waals surface area contributed by atoms with Crippen LogP contribution in [0, 0.1) is 0 Å². The van der Waals surface area contributed by atoms with Crippen molar-refractivity contribution in [2.24, 2.45) is 0 Å². The predicted octanol–water partition coefficient (Wildman–Crippen LogP) is 1.30. The van der Waals surface area contributed by atoms with Gasteiger partial charge in [-0.25, -0.2) is 4.79 Å². The summed E-state index contributed by atoms with van der Waals surface area (Å²) in [5.74, 6) is -0.351. The van der Waals surface area contributed by atoms with Crippen molar-refractivity contribution >= 4 is 5.97 Å². The zero-order valence-electron chi connectivity index (χ0n) is 12.0. The number of nitrogens with zero attached hydrogens (tertiary/aromatic N) is 2. The molecule has 0 atom stereocenters. The first-order valence-electron chi connectivity index (χ1n) is 6.52. The van der Waals surface area contributed by atoms with Crippen molar-refractivity contribution in [3.05, 3.63) is 29.6 Å². The molecular formula is C14H23N3O2. The third kappa shape index (κ3) is 6.31. The number of pyridine rings is 1. The highest BCUT2D eigenvalue weighted by Gasteiger charge is 2.04. The van der Waals surface area contributed by atoms with Crippen LogP contribution in [0.3, 0.4) is 0 Å². The molecule has 1 N–H and O–H groups in total. The van der Waals surface area contributed by atoms with Crippen LogP contribution in [0.2, 0.25) is 0 Å². The minimum absolute atomic E-state index is 0.351. The third-order valence-electron chi connectivity index (χ3n) is 2.76. The van der Waals surface area contributed by atoms with E-state index in [4.69, 9.17) is 0 Å². The maximum Gasteiger partial charge on any atom is 0.339 e. The molecule has 0 bridgehead atoms. The van der Waals surface area contributed by atoms with Crippen molar-refractivity contribution in [3.8, 4) is 0 Å². The number of methoxy groups -OCH3 is 1. The maximum absolute atomic E-state index is 11.2. The molecule has 5 heteroatoms. The average molecular weight is 265 g/mol. The standard InChI is InChI=1S/C14H23N3O2/c1-17(2)9-5-4-8-15-11-13-7-6-12(10-16-13)14(18)19-3/h6-7,10,15H,4-5,8-9,11H2,1-3H3. The van der Waals surface area contributed by atoms with Crippen molar-refractivity contribution in [3.63, 3.8) is 0 Å². The maximum atomic E-state index is 11.2. The second-order valence-corrected chi connectivity index (χ2v) is 4.72. The second kappa shape index (κ2) is 8.61. The SMILES string of the molecule is COC(=O)c1ccc(CNCCCCN(C)C)nc1. The number of nitrogens with one attached hydrogen (secondary N) is 1. The van der Waals surface area contributed by atoms with Crippen LogP contribution in [-0.4, -0.2) is 50.1 Å². The first-order chi connectivity index (χ1) is 9.13. The van der Waals surface area contributed by atoms with E-state index in [2.05, 4.69) is 34.0 Å². The number of hydrogen-bond donors (Lipinski definition) is 1. The van der Waals surface area contributed by atoms with Crippen molar-refractivity contribution in [1.82, 2.24) is 15.2 Å². The van der Waals surface area contributed by atoms with E-state index in [-0.39, 0.29) is 5.97 Å². The van der Waals surface area contributed by atoms with Gasteiger partial charge in [-0.05, 0) is 52.2 Å². The van der Waals surface area contributed by atoms with Gasteiger partial charge in [0.25, 0.3) is 0 Å². The fraction of sp³-hybridized carbons (Fsp3) is 0.571. The largest absolute Gasteiger partial charge is 0.465 e. The van der Waals surface area contributed by atoms with Gasteiger partial charge in [0.05, 0.1) is 18.4 Å². The number of carbonyl (C=O) groups excluding carboxylic acids is 1. The molecule has 0 amide bonds. The Balaban J connectivity index is 2.21. The lowest BCUT2D eigenvalue weighted by Crippen LogP contribution is -2.18. The molecule has 5 nitrogen and oxygen atoms in total. The Kier molecular flexibility index (Phi) is 7.07. The molecule has 0 radical (unpaired) electrons. The Morgan fingerprint density at radius 3 is 2.74 bits per heavy atom. The van der Waals surface area contributed by atoms with Gasteiger partial charge < -0.3 is 15.0 Å². The Morgan fingerprint density at radius 1 is 1.37 bits per heavy atom. The summed E-state index contributed by atoms with van der Waals surface area (Å²) in [5, 5.41) is 3.34. The van der Waals surface area contributed by atoms with Crippen molar-refractivity contribution in [1.29, 1.82) is 0 Å². The van der Waals surface area contributed by atoms with Gasteiger partial charge in [-0.1, -0.05) is 0 Å². The minimum Gasteiger partial charge on any atom is -0.465 e. The molecule has 0 aromatic carbocycles. The molecule has 0 saturated carbocycles. The summed E-state index contributed by atoms with van der Waals surface area (Å²) in [6.07, 6.45) is 3.89. The number of hydrogen-bond acceptors (Lipinski definition) is 5. The van der Waals surface area contributed by atoms with Crippen molar-refractivity contribution in [2.75, 3.05) is 34.3 Å². The molecule has 106 valence electrons. The van der Waals surface area contributed by atoms with Gasteiger partial charge in [0, 0.05) is 12.7 Å². The lowest BCUT2D eigenvalue weighted by molar-refractivity contribution is 0.0600. The second-order valence-electron chi connectivity index (χ2n) is 4.72. The molecule has 0 saturated heterocycles. The first kappa shape index (κ1) is 15.6. The number of unbranched alkanes of at least 4 members (excludes halogenated alkanes) is 1. The zero-order valence-corrected chi connectivity index (χ0v) is 12.0. The number of esters is 1. The van der Waals surface area contributed by atoms with Gasteiger partial charge >= 0.3 is 5.97 Å². The van der Waals surface area contributed by atoms with E-state index in [1.165, 1.54) is 13.5 Å². The molecular weight excluding hydrogens is 242 g/mol. The van der Waals surface area contributed by atoms with E-state index in [1.54, 1.807) is 12.3 Å². The van der Waals surface area contributed by atoms with Gasteiger partial charge in [0.15, 0.2) is 0 Å². The smallest absolute Gasteiger partial charge is 0.339 e. The summed E-state index contributed by atoms with van der Waals surface area (Å²) in [5.41, 5.74) is 1.41. The fourth-order valence-electron chi connectivity index (χ4n) is 1.66. The number of rotatable bonds is 8. The molecule has 0 aliphatic rings. The molecule has 1 rings (SSSR count). The average Bonchev–Trinajstić information content (AvgIpc) is 2.42. The van der Waals surface area contributed by atoms with Crippen LogP contribution in [0.5, 0.6) is 0 Å². The summed E-state index contributed by atoms with van der Waals surface area (Å²) in [6, 6.07) is 3.58. The molecule has 1 heterocycles. The van der Waals surface area contributed by atoms with Crippen LogP contribution in [0.1, 0.15) is 28.9 Å². The van der Waals surface area contributed by atoms with E-state index >= 15 is 0 Å². The molecule has 1 aromatic rings. The van der Waals surface area contributed by atoms with Crippen LogP contribution in [0.25, 0.3) is 0 Å². The normalized spacial score (nSPS) is 10.7. The number of ether oxygens (including phenoxy) is 1. The van der Waals surface area contributed by atoms with E-state index in [1.807, 2.05) is 6.07 Å². The van der Waals surface area contributed by atoms with E-state index in [0.29, 0.717) is 5.56 Å². The summed E-state index contributed by atoms with van der Waals surface area (Å²) in [4.78, 5) is 17.6. The molecule has 0 unspecified atom stereocenters. The summed E-state index contributed by atoms with van der Waals surface area (Å²) < 4.78 is 4.62. The highest BCUT2D eigenvalue weighted by Crippen LogP contribution is 2.02. The fourth-order valence-corrected chi connectivity index (χ4v) is 1.66. The monoisotopic (exact) mass is 265 g/mol. The van der Waals surface area contributed by atoms with Crippen molar-refractivity contribution in [2.45, 2.75) is 19.4 Å². The van der Waals surface area contributed by atoms with E-state index < -0.39 is 0 Å². The molecule has 0 fully saturated rings. The molecule has 1 aromatic heterocycles. The molecule has 0 aliphatic carbocycles. The Bertz CT molecular complexity index is 377. The highest BCUT2D eigenvalue weighted by atomic mass is 16.5. The Hall–Kier alpha value is -1.46. The summed E-state index contributed by atoms with van der Waals surface area (Å²) >= 11 is 0. The van der Waals surface area contributed by atoms with Crippen LogP contribution in [0.4, 0.5) is 0 Å². The highest BCUT2D eigenvalue weighted by molar-refractivity contribution is 5.88.